The highest BCUT2D eigenvalue weighted by Crippen LogP contribution is 2.05. The summed E-state index contributed by atoms with van der Waals surface area (Å²) in [6.07, 6.45) is 1.58. The van der Waals surface area contributed by atoms with Crippen LogP contribution in [0, 0.1) is 6.92 Å². The normalized spacial score (nSPS) is 9.11. The Hall–Kier alpha value is -1.09. The van der Waals surface area contributed by atoms with Crippen LogP contribution in [0.4, 0.5) is 0 Å². The van der Waals surface area contributed by atoms with Gasteiger partial charge in [-0.3, -0.25) is 4.98 Å². The van der Waals surface area contributed by atoms with E-state index in [0.717, 1.165) is 5.69 Å². The van der Waals surface area contributed by atoms with E-state index in [4.69, 9.17) is 5.90 Å². The first kappa shape index (κ1) is 6.04. The van der Waals surface area contributed by atoms with Gasteiger partial charge in [-0.25, -0.2) is 0 Å². The molecule has 0 aromatic carbocycles. The fourth-order valence-electron chi connectivity index (χ4n) is 0.524. The average molecular weight is 124 g/mol. The molecule has 3 nitrogen and oxygen atoms in total. The first-order valence-corrected chi connectivity index (χ1v) is 2.62. The second kappa shape index (κ2) is 2.46. The fourth-order valence-corrected chi connectivity index (χ4v) is 0.524. The molecular formula is C6H8N2O. The number of pyridine rings is 1. The number of aryl methyl sites for hydroxylation is 1. The zero-order valence-corrected chi connectivity index (χ0v) is 5.16. The Balaban J connectivity index is 2.88. The fraction of sp³-hybridized carbons (Fsp3) is 0.167. The summed E-state index contributed by atoms with van der Waals surface area (Å²) in [4.78, 5) is 8.35. The van der Waals surface area contributed by atoms with Gasteiger partial charge in [0.05, 0.1) is 6.20 Å². The van der Waals surface area contributed by atoms with Crippen molar-refractivity contribution in [2.45, 2.75) is 6.92 Å². The lowest BCUT2D eigenvalue weighted by atomic mass is 10.4. The van der Waals surface area contributed by atoms with Crippen molar-refractivity contribution in [3.05, 3.63) is 24.0 Å². The van der Waals surface area contributed by atoms with Gasteiger partial charge < -0.3 is 4.84 Å². The summed E-state index contributed by atoms with van der Waals surface area (Å²) in [5.74, 6) is 5.44. The van der Waals surface area contributed by atoms with E-state index < -0.39 is 0 Å². The molecule has 1 aromatic rings. The molecule has 0 bridgehead atoms. The Morgan fingerprint density at radius 1 is 1.56 bits per heavy atom. The SMILES string of the molecule is Cc1ccc(ON)cn1. The number of rotatable bonds is 1. The maximum Gasteiger partial charge on any atom is 0.165 e. The van der Waals surface area contributed by atoms with Crippen molar-refractivity contribution in [1.82, 2.24) is 4.98 Å². The quantitative estimate of drug-likeness (QED) is 0.559. The van der Waals surface area contributed by atoms with E-state index in [1.54, 1.807) is 12.3 Å². The maximum atomic E-state index is 4.86. The zero-order valence-electron chi connectivity index (χ0n) is 5.16. The predicted octanol–water partition coefficient (Wildman–Crippen LogP) is 0.643. The summed E-state index contributed by atoms with van der Waals surface area (Å²) >= 11 is 0. The second-order valence-corrected chi connectivity index (χ2v) is 1.75. The van der Waals surface area contributed by atoms with Crippen LogP contribution in [0.2, 0.25) is 0 Å². The van der Waals surface area contributed by atoms with Crippen LogP contribution in [0.25, 0.3) is 0 Å². The van der Waals surface area contributed by atoms with Crippen LogP contribution in [-0.4, -0.2) is 4.98 Å². The molecule has 0 saturated carbocycles. The molecule has 0 atom stereocenters. The molecule has 3 heteroatoms. The molecule has 48 valence electrons. The lowest BCUT2D eigenvalue weighted by molar-refractivity contribution is 0.333. The van der Waals surface area contributed by atoms with Gasteiger partial charge in [0.25, 0.3) is 0 Å². The molecule has 0 unspecified atom stereocenters. The average Bonchev–Trinajstić information content (AvgIpc) is 1.90. The maximum absolute atomic E-state index is 4.86. The van der Waals surface area contributed by atoms with E-state index in [9.17, 15) is 0 Å². The van der Waals surface area contributed by atoms with Crippen molar-refractivity contribution < 1.29 is 4.84 Å². The van der Waals surface area contributed by atoms with Gasteiger partial charge in [0, 0.05) is 5.69 Å². The van der Waals surface area contributed by atoms with E-state index in [1.165, 1.54) is 0 Å². The van der Waals surface area contributed by atoms with Gasteiger partial charge in [-0.2, -0.15) is 5.90 Å². The van der Waals surface area contributed by atoms with Crippen molar-refractivity contribution in [2.75, 3.05) is 0 Å². The molecule has 1 rings (SSSR count). The second-order valence-electron chi connectivity index (χ2n) is 1.75. The van der Waals surface area contributed by atoms with Crippen LogP contribution in [0.15, 0.2) is 18.3 Å². The van der Waals surface area contributed by atoms with Gasteiger partial charge in [0.15, 0.2) is 5.75 Å². The van der Waals surface area contributed by atoms with Crippen LogP contribution < -0.4 is 10.7 Å². The van der Waals surface area contributed by atoms with Gasteiger partial charge in [0.1, 0.15) is 0 Å². The summed E-state index contributed by atoms with van der Waals surface area (Å²) in [6.45, 7) is 1.90. The van der Waals surface area contributed by atoms with Crippen LogP contribution in [0.3, 0.4) is 0 Å². The molecule has 0 aliphatic rings. The smallest absolute Gasteiger partial charge is 0.165 e. The summed E-state index contributed by atoms with van der Waals surface area (Å²) in [5.41, 5.74) is 0.954. The zero-order chi connectivity index (χ0) is 6.69. The molecule has 1 heterocycles. The van der Waals surface area contributed by atoms with E-state index in [2.05, 4.69) is 9.82 Å². The first-order valence-electron chi connectivity index (χ1n) is 2.62. The van der Waals surface area contributed by atoms with Crippen LogP contribution >= 0.6 is 0 Å². The molecular weight excluding hydrogens is 116 g/mol. The molecule has 0 amide bonds. The topological polar surface area (TPSA) is 48.1 Å². The minimum Gasteiger partial charge on any atom is -0.410 e. The molecule has 0 radical (unpaired) electrons. The molecule has 9 heavy (non-hydrogen) atoms. The van der Waals surface area contributed by atoms with E-state index in [-0.39, 0.29) is 0 Å². The van der Waals surface area contributed by atoms with E-state index in [1.807, 2.05) is 13.0 Å². The highest BCUT2D eigenvalue weighted by Gasteiger charge is 1.87. The Morgan fingerprint density at radius 2 is 2.33 bits per heavy atom. The Bertz CT molecular complexity index is 183. The Morgan fingerprint density at radius 3 is 2.78 bits per heavy atom. The number of aromatic nitrogens is 1. The van der Waals surface area contributed by atoms with Gasteiger partial charge in [-0.15, -0.1) is 0 Å². The van der Waals surface area contributed by atoms with E-state index >= 15 is 0 Å². The summed E-state index contributed by atoms with van der Waals surface area (Å²) in [5, 5.41) is 0. The number of hydrogen-bond donors (Lipinski definition) is 1. The molecule has 0 spiro atoms. The van der Waals surface area contributed by atoms with Crippen molar-refractivity contribution >= 4 is 0 Å². The molecule has 0 aliphatic carbocycles. The lowest BCUT2D eigenvalue weighted by Gasteiger charge is -1.95. The highest BCUT2D eigenvalue weighted by molar-refractivity contribution is 5.18. The van der Waals surface area contributed by atoms with Crippen LogP contribution in [-0.2, 0) is 0 Å². The minimum absolute atomic E-state index is 0.584. The van der Waals surface area contributed by atoms with Gasteiger partial charge in [-0.05, 0) is 19.1 Å². The Labute approximate surface area is 53.4 Å². The van der Waals surface area contributed by atoms with Crippen molar-refractivity contribution in [1.29, 1.82) is 0 Å². The van der Waals surface area contributed by atoms with Gasteiger partial charge >= 0.3 is 0 Å². The first-order chi connectivity index (χ1) is 4.33. The summed E-state index contributed by atoms with van der Waals surface area (Å²) in [7, 11) is 0. The molecule has 0 saturated heterocycles. The van der Waals surface area contributed by atoms with Crippen LogP contribution in [0.1, 0.15) is 5.69 Å². The summed E-state index contributed by atoms with van der Waals surface area (Å²) in [6, 6.07) is 3.60. The monoisotopic (exact) mass is 124 g/mol. The molecule has 0 aliphatic heterocycles. The van der Waals surface area contributed by atoms with Gasteiger partial charge in [0.2, 0.25) is 0 Å². The predicted molar refractivity (Wildman–Crippen MR) is 33.8 cm³/mol. The largest absolute Gasteiger partial charge is 0.410 e. The van der Waals surface area contributed by atoms with Crippen molar-refractivity contribution in [2.24, 2.45) is 5.90 Å². The lowest BCUT2D eigenvalue weighted by Crippen LogP contribution is -2.01. The third kappa shape index (κ3) is 1.40. The number of nitrogens with two attached hydrogens (primary N) is 1. The van der Waals surface area contributed by atoms with Crippen LogP contribution in [0.5, 0.6) is 5.75 Å². The number of hydrogen-bond acceptors (Lipinski definition) is 3. The summed E-state index contributed by atoms with van der Waals surface area (Å²) < 4.78 is 0. The molecule has 2 N–H and O–H groups in total. The minimum atomic E-state index is 0.584. The standard InChI is InChI=1S/C6H8N2O/c1-5-2-3-6(9-7)4-8-5/h2-4H,7H2,1H3. The third-order valence-corrected chi connectivity index (χ3v) is 1.02. The van der Waals surface area contributed by atoms with Crippen molar-refractivity contribution in [3.63, 3.8) is 0 Å². The highest BCUT2D eigenvalue weighted by atomic mass is 16.6. The number of nitrogens with zero attached hydrogens (tertiary/aromatic N) is 1. The molecule has 0 fully saturated rings. The van der Waals surface area contributed by atoms with Gasteiger partial charge in [-0.1, -0.05) is 0 Å². The molecule has 1 aromatic heterocycles. The van der Waals surface area contributed by atoms with E-state index in [0.29, 0.717) is 5.75 Å². The third-order valence-electron chi connectivity index (χ3n) is 1.02. The van der Waals surface area contributed by atoms with Crippen molar-refractivity contribution in [3.8, 4) is 5.75 Å². The Kier molecular flexibility index (Phi) is 1.65.